The van der Waals surface area contributed by atoms with Crippen molar-refractivity contribution in [2.75, 3.05) is 7.05 Å². The highest BCUT2D eigenvalue weighted by molar-refractivity contribution is 6.31. The van der Waals surface area contributed by atoms with Crippen LogP contribution in [0.1, 0.15) is 42.5 Å². The van der Waals surface area contributed by atoms with Crippen molar-refractivity contribution in [3.05, 3.63) is 64.4 Å². The summed E-state index contributed by atoms with van der Waals surface area (Å²) in [6.45, 7) is 4.40. The Bertz CT molecular complexity index is 535. The van der Waals surface area contributed by atoms with E-state index in [9.17, 15) is 0 Å². The van der Waals surface area contributed by atoms with Crippen molar-refractivity contribution < 1.29 is 0 Å². The SMILES string of the molecule is CNC(c1ccc(C(C)C)cc1)c1ccncc1Cl. The number of hydrogen-bond acceptors (Lipinski definition) is 2. The van der Waals surface area contributed by atoms with Crippen LogP contribution in [-0.2, 0) is 0 Å². The van der Waals surface area contributed by atoms with Crippen LogP contribution in [-0.4, -0.2) is 12.0 Å². The van der Waals surface area contributed by atoms with Crippen LogP contribution in [0.25, 0.3) is 0 Å². The minimum atomic E-state index is 0.0942. The molecule has 2 aromatic rings. The number of rotatable bonds is 4. The standard InChI is InChI=1S/C16H19ClN2/c1-11(2)12-4-6-13(7-5-12)16(18-3)14-8-9-19-10-15(14)17/h4-11,16,18H,1-3H3. The van der Waals surface area contributed by atoms with Gasteiger partial charge >= 0.3 is 0 Å². The lowest BCUT2D eigenvalue weighted by molar-refractivity contribution is 0.690. The minimum absolute atomic E-state index is 0.0942. The molecule has 0 saturated heterocycles. The van der Waals surface area contributed by atoms with E-state index in [4.69, 9.17) is 11.6 Å². The van der Waals surface area contributed by atoms with Gasteiger partial charge < -0.3 is 5.32 Å². The quantitative estimate of drug-likeness (QED) is 0.905. The molecular formula is C16H19ClN2. The molecule has 1 unspecified atom stereocenters. The Kier molecular flexibility index (Phi) is 4.56. The number of hydrogen-bond donors (Lipinski definition) is 1. The van der Waals surface area contributed by atoms with Gasteiger partial charge in [-0.25, -0.2) is 0 Å². The van der Waals surface area contributed by atoms with Gasteiger partial charge in [0.25, 0.3) is 0 Å². The second-order valence-corrected chi connectivity index (χ2v) is 5.35. The average molecular weight is 275 g/mol. The van der Waals surface area contributed by atoms with E-state index in [1.165, 1.54) is 11.1 Å². The first kappa shape index (κ1) is 14.0. The van der Waals surface area contributed by atoms with Crippen LogP contribution in [0.2, 0.25) is 5.02 Å². The molecule has 0 aliphatic rings. The number of benzene rings is 1. The Morgan fingerprint density at radius 1 is 1.05 bits per heavy atom. The van der Waals surface area contributed by atoms with Crippen LogP contribution in [0.5, 0.6) is 0 Å². The number of aromatic nitrogens is 1. The molecule has 1 atom stereocenters. The van der Waals surface area contributed by atoms with Gasteiger partial charge in [0.05, 0.1) is 11.1 Å². The number of nitrogens with zero attached hydrogens (tertiary/aromatic N) is 1. The third-order valence-corrected chi connectivity index (χ3v) is 3.66. The average Bonchev–Trinajstić information content (AvgIpc) is 2.42. The van der Waals surface area contributed by atoms with Gasteiger partial charge in [-0.1, -0.05) is 49.7 Å². The zero-order valence-corrected chi connectivity index (χ0v) is 12.3. The van der Waals surface area contributed by atoms with Crippen molar-refractivity contribution in [3.8, 4) is 0 Å². The molecule has 0 fully saturated rings. The van der Waals surface area contributed by atoms with E-state index in [0.29, 0.717) is 10.9 Å². The van der Waals surface area contributed by atoms with Gasteiger partial charge in [-0.15, -0.1) is 0 Å². The van der Waals surface area contributed by atoms with Crippen molar-refractivity contribution >= 4 is 11.6 Å². The summed E-state index contributed by atoms with van der Waals surface area (Å²) in [5.41, 5.74) is 3.61. The fourth-order valence-electron chi connectivity index (χ4n) is 2.20. The fraction of sp³-hybridized carbons (Fsp3) is 0.312. The highest BCUT2D eigenvalue weighted by Crippen LogP contribution is 2.28. The van der Waals surface area contributed by atoms with E-state index in [-0.39, 0.29) is 6.04 Å². The lowest BCUT2D eigenvalue weighted by Gasteiger charge is -2.19. The lowest BCUT2D eigenvalue weighted by Crippen LogP contribution is -2.18. The highest BCUT2D eigenvalue weighted by Gasteiger charge is 2.15. The molecule has 0 aliphatic carbocycles. The first-order chi connectivity index (χ1) is 9.13. The molecule has 19 heavy (non-hydrogen) atoms. The molecule has 2 nitrogen and oxygen atoms in total. The van der Waals surface area contributed by atoms with Crippen LogP contribution in [0.3, 0.4) is 0 Å². The van der Waals surface area contributed by atoms with Gasteiger partial charge in [0.1, 0.15) is 0 Å². The van der Waals surface area contributed by atoms with Crippen molar-refractivity contribution in [2.45, 2.75) is 25.8 Å². The molecule has 2 rings (SSSR count). The molecule has 0 amide bonds. The first-order valence-corrected chi connectivity index (χ1v) is 6.87. The molecule has 0 spiro atoms. The zero-order chi connectivity index (χ0) is 13.8. The molecule has 0 bridgehead atoms. The predicted octanol–water partition coefficient (Wildman–Crippen LogP) is 4.17. The van der Waals surface area contributed by atoms with E-state index in [1.54, 1.807) is 12.4 Å². The second kappa shape index (κ2) is 6.18. The van der Waals surface area contributed by atoms with Gasteiger partial charge in [0, 0.05) is 12.4 Å². The Hall–Kier alpha value is -1.38. The van der Waals surface area contributed by atoms with E-state index < -0.39 is 0 Å². The van der Waals surface area contributed by atoms with Gasteiger partial charge in [-0.05, 0) is 35.7 Å². The van der Waals surface area contributed by atoms with Gasteiger partial charge in [0.2, 0.25) is 0 Å². The van der Waals surface area contributed by atoms with E-state index in [0.717, 1.165) is 5.56 Å². The van der Waals surface area contributed by atoms with Crippen LogP contribution in [0.15, 0.2) is 42.7 Å². The second-order valence-electron chi connectivity index (χ2n) is 4.94. The summed E-state index contributed by atoms with van der Waals surface area (Å²) < 4.78 is 0. The van der Waals surface area contributed by atoms with Gasteiger partial charge in [-0.3, -0.25) is 4.98 Å². The molecule has 1 aromatic carbocycles. The topological polar surface area (TPSA) is 24.9 Å². The van der Waals surface area contributed by atoms with Crippen molar-refractivity contribution in [2.24, 2.45) is 0 Å². The maximum absolute atomic E-state index is 6.23. The number of nitrogens with one attached hydrogen (secondary N) is 1. The largest absolute Gasteiger partial charge is 0.309 e. The summed E-state index contributed by atoms with van der Waals surface area (Å²) in [6.07, 6.45) is 3.46. The van der Waals surface area contributed by atoms with Crippen LogP contribution < -0.4 is 5.32 Å². The zero-order valence-electron chi connectivity index (χ0n) is 11.5. The molecule has 1 heterocycles. The number of pyridine rings is 1. The Morgan fingerprint density at radius 3 is 2.21 bits per heavy atom. The fourth-order valence-corrected chi connectivity index (χ4v) is 2.42. The summed E-state index contributed by atoms with van der Waals surface area (Å²) in [6, 6.07) is 10.7. The molecule has 3 heteroatoms. The summed E-state index contributed by atoms with van der Waals surface area (Å²) in [7, 11) is 1.94. The van der Waals surface area contributed by atoms with E-state index in [2.05, 4.69) is 48.4 Å². The third-order valence-electron chi connectivity index (χ3n) is 3.34. The van der Waals surface area contributed by atoms with Crippen molar-refractivity contribution in [1.29, 1.82) is 0 Å². The molecule has 0 radical (unpaired) electrons. The Labute approximate surface area is 119 Å². The van der Waals surface area contributed by atoms with E-state index in [1.807, 2.05) is 13.1 Å². The molecule has 0 saturated carbocycles. The smallest absolute Gasteiger partial charge is 0.0640 e. The van der Waals surface area contributed by atoms with Crippen molar-refractivity contribution in [3.63, 3.8) is 0 Å². The minimum Gasteiger partial charge on any atom is -0.309 e. The van der Waals surface area contributed by atoms with E-state index >= 15 is 0 Å². The van der Waals surface area contributed by atoms with Gasteiger partial charge in [0.15, 0.2) is 0 Å². The maximum atomic E-state index is 6.23. The summed E-state index contributed by atoms with van der Waals surface area (Å²) in [4.78, 5) is 4.03. The van der Waals surface area contributed by atoms with Crippen molar-refractivity contribution in [1.82, 2.24) is 10.3 Å². The predicted molar refractivity (Wildman–Crippen MR) is 80.7 cm³/mol. The van der Waals surface area contributed by atoms with Gasteiger partial charge in [-0.2, -0.15) is 0 Å². The van der Waals surface area contributed by atoms with Crippen LogP contribution in [0.4, 0.5) is 0 Å². The summed E-state index contributed by atoms with van der Waals surface area (Å²) in [5, 5.41) is 4.00. The number of halogens is 1. The Morgan fingerprint density at radius 2 is 1.68 bits per heavy atom. The highest BCUT2D eigenvalue weighted by atomic mass is 35.5. The molecular weight excluding hydrogens is 256 g/mol. The molecule has 1 aromatic heterocycles. The van der Waals surface area contributed by atoms with Crippen LogP contribution in [0, 0.1) is 0 Å². The molecule has 1 N–H and O–H groups in total. The molecule has 0 aliphatic heterocycles. The summed E-state index contributed by atoms with van der Waals surface area (Å²) >= 11 is 6.23. The third kappa shape index (κ3) is 3.14. The lowest BCUT2D eigenvalue weighted by atomic mass is 9.96. The van der Waals surface area contributed by atoms with Crippen LogP contribution >= 0.6 is 11.6 Å². The monoisotopic (exact) mass is 274 g/mol. The summed E-state index contributed by atoms with van der Waals surface area (Å²) in [5.74, 6) is 0.548. The normalized spacial score (nSPS) is 12.7. The first-order valence-electron chi connectivity index (χ1n) is 6.50. The maximum Gasteiger partial charge on any atom is 0.0640 e. The Balaban J connectivity index is 2.35. The molecule has 100 valence electrons.